The van der Waals surface area contributed by atoms with E-state index in [9.17, 15) is 4.79 Å². The van der Waals surface area contributed by atoms with Gasteiger partial charge in [-0.05, 0) is 57.8 Å². The smallest absolute Gasteiger partial charge is 0.436 e. The molecule has 122 valence electrons. The van der Waals surface area contributed by atoms with E-state index in [1.165, 1.54) is 64.2 Å². The fourth-order valence-corrected chi connectivity index (χ4v) is 8.71. The van der Waals surface area contributed by atoms with Gasteiger partial charge in [-0.2, -0.15) is 0 Å². The highest BCUT2D eigenvalue weighted by molar-refractivity contribution is 7.91. The fraction of sp³-hybridized carbons (Fsp3) is 0.944. The van der Waals surface area contributed by atoms with Crippen molar-refractivity contribution >= 4 is 13.0 Å². The largest absolute Gasteiger partial charge is 0.450 e. The molecule has 0 aliphatic heterocycles. The van der Waals surface area contributed by atoms with Crippen LogP contribution < -0.4 is 0 Å². The Labute approximate surface area is 131 Å². The van der Waals surface area contributed by atoms with Gasteiger partial charge in [0.15, 0.2) is 0 Å². The van der Waals surface area contributed by atoms with E-state index in [0.717, 1.165) is 12.8 Å². The lowest BCUT2D eigenvalue weighted by atomic mass is 9.99. The minimum Gasteiger partial charge on any atom is -0.436 e. The summed E-state index contributed by atoms with van der Waals surface area (Å²) in [6.07, 6.45) is 15.3. The summed E-state index contributed by atoms with van der Waals surface area (Å²) < 4.78 is 5.76. The van der Waals surface area contributed by atoms with Gasteiger partial charge in [-0.25, -0.2) is 4.79 Å². The first-order valence-corrected chi connectivity index (χ1v) is 11.6. The van der Waals surface area contributed by atoms with Gasteiger partial charge in [-0.3, -0.25) is 0 Å². The summed E-state index contributed by atoms with van der Waals surface area (Å²) in [5.74, 6) is 0. The van der Waals surface area contributed by atoms with Gasteiger partial charge in [0.1, 0.15) is 7.26 Å². The molecule has 0 radical (unpaired) electrons. The van der Waals surface area contributed by atoms with Crippen molar-refractivity contribution in [1.82, 2.24) is 0 Å². The second-order valence-corrected chi connectivity index (χ2v) is 11.3. The predicted octanol–water partition coefficient (Wildman–Crippen LogP) is 6.24. The minimum absolute atomic E-state index is 0.231. The Balaban J connectivity index is 2.09. The van der Waals surface area contributed by atoms with E-state index in [4.69, 9.17) is 4.74 Å². The molecule has 0 aromatic carbocycles. The number of rotatable bonds is 6. The molecule has 3 heteroatoms. The second kappa shape index (κ2) is 8.51. The molecule has 2 fully saturated rings. The highest BCUT2D eigenvalue weighted by Gasteiger charge is 2.56. The van der Waals surface area contributed by atoms with Crippen molar-refractivity contribution in [3.63, 3.8) is 0 Å². The molecule has 0 aromatic heterocycles. The van der Waals surface area contributed by atoms with E-state index in [1.54, 1.807) is 0 Å². The standard InChI is InChI=1S/C18H34O2P/c1-3-4-15-20-18(19)21(2,16-11-7-5-8-12-16)17-13-9-6-10-14-17/h16-17H,3-15H2,1-2H3/q+1. The fourth-order valence-electron chi connectivity index (χ4n) is 4.27. The van der Waals surface area contributed by atoms with Crippen LogP contribution in [0.5, 0.6) is 0 Å². The minimum atomic E-state index is -1.61. The molecular weight excluding hydrogens is 279 g/mol. The summed E-state index contributed by atoms with van der Waals surface area (Å²) in [6.45, 7) is 5.15. The zero-order valence-corrected chi connectivity index (χ0v) is 15.0. The Morgan fingerprint density at radius 2 is 1.43 bits per heavy atom. The highest BCUT2D eigenvalue weighted by Crippen LogP contribution is 2.70. The van der Waals surface area contributed by atoms with Crippen LogP contribution in [0.1, 0.15) is 84.0 Å². The number of ether oxygens (including phenoxy) is 1. The summed E-state index contributed by atoms with van der Waals surface area (Å²) in [5, 5.41) is 0. The van der Waals surface area contributed by atoms with Gasteiger partial charge in [0.25, 0.3) is 0 Å². The molecule has 21 heavy (non-hydrogen) atoms. The molecule has 0 unspecified atom stereocenters. The summed E-state index contributed by atoms with van der Waals surface area (Å²) >= 11 is 0. The van der Waals surface area contributed by atoms with Gasteiger partial charge in [0, 0.05) is 0 Å². The normalized spacial score (nSPS) is 22.2. The zero-order valence-electron chi connectivity index (χ0n) is 14.1. The number of hydrogen-bond donors (Lipinski definition) is 0. The van der Waals surface area contributed by atoms with E-state index >= 15 is 0 Å². The van der Waals surface area contributed by atoms with Gasteiger partial charge >= 0.3 is 5.71 Å². The Bertz CT molecular complexity index is 299. The van der Waals surface area contributed by atoms with Gasteiger partial charge < -0.3 is 4.74 Å². The Morgan fingerprint density at radius 3 is 1.86 bits per heavy atom. The van der Waals surface area contributed by atoms with E-state index in [1.807, 2.05) is 0 Å². The van der Waals surface area contributed by atoms with Crippen LogP contribution in [0.25, 0.3) is 0 Å². The molecule has 0 bridgehead atoms. The van der Waals surface area contributed by atoms with E-state index in [0.29, 0.717) is 17.9 Å². The van der Waals surface area contributed by atoms with Crippen LogP contribution in [-0.4, -0.2) is 30.3 Å². The quantitative estimate of drug-likeness (QED) is 0.429. The highest BCUT2D eigenvalue weighted by atomic mass is 31.2. The number of carbonyl (C=O) groups excluding carboxylic acids is 1. The van der Waals surface area contributed by atoms with Gasteiger partial charge in [-0.1, -0.05) is 26.2 Å². The molecule has 0 heterocycles. The summed E-state index contributed by atoms with van der Waals surface area (Å²) in [6, 6.07) is 0. The van der Waals surface area contributed by atoms with E-state index < -0.39 is 7.26 Å². The van der Waals surface area contributed by atoms with Crippen LogP contribution in [0.2, 0.25) is 0 Å². The maximum Gasteiger partial charge on any atom is 0.450 e. The topological polar surface area (TPSA) is 26.3 Å². The third kappa shape index (κ3) is 4.21. The Hall–Kier alpha value is -0.100. The Kier molecular flexibility index (Phi) is 6.99. The SMILES string of the molecule is CCCCOC(=O)[P+](C)(C1CCCCC1)C1CCCCC1. The maximum absolute atomic E-state index is 13.0. The molecule has 2 aliphatic rings. The number of carbonyl (C=O) groups is 1. The first kappa shape index (κ1) is 17.3. The maximum atomic E-state index is 13.0. The van der Waals surface area contributed by atoms with E-state index in [-0.39, 0.29) is 5.71 Å². The lowest BCUT2D eigenvalue weighted by Gasteiger charge is -2.38. The molecule has 0 saturated heterocycles. The lowest BCUT2D eigenvalue weighted by Crippen LogP contribution is -2.32. The van der Waals surface area contributed by atoms with Crippen LogP contribution in [0.4, 0.5) is 4.79 Å². The number of unbranched alkanes of at least 4 members (excludes halogenated alkanes) is 1. The van der Waals surface area contributed by atoms with Crippen molar-refractivity contribution in [3.05, 3.63) is 0 Å². The molecule has 2 rings (SSSR count). The van der Waals surface area contributed by atoms with Gasteiger partial charge in [0.05, 0.1) is 24.6 Å². The number of hydrogen-bond acceptors (Lipinski definition) is 2. The molecule has 0 amide bonds. The third-order valence-electron chi connectivity index (χ3n) is 5.78. The van der Waals surface area contributed by atoms with Gasteiger partial charge in [0.2, 0.25) is 0 Å². The predicted molar refractivity (Wildman–Crippen MR) is 92.8 cm³/mol. The molecule has 2 aliphatic carbocycles. The van der Waals surface area contributed by atoms with Crippen molar-refractivity contribution in [2.24, 2.45) is 0 Å². The van der Waals surface area contributed by atoms with E-state index in [2.05, 4.69) is 13.6 Å². The summed E-state index contributed by atoms with van der Waals surface area (Å²) in [5.41, 5.74) is 1.57. The van der Waals surface area contributed by atoms with Crippen molar-refractivity contribution < 1.29 is 9.53 Å². The lowest BCUT2D eigenvalue weighted by molar-refractivity contribution is 0.170. The molecule has 0 spiro atoms. The molecule has 0 N–H and O–H groups in total. The Morgan fingerprint density at radius 1 is 0.952 bits per heavy atom. The van der Waals surface area contributed by atoms with Crippen LogP contribution in [0, 0.1) is 0 Å². The van der Waals surface area contributed by atoms with Crippen molar-refractivity contribution in [2.45, 2.75) is 95.3 Å². The third-order valence-corrected chi connectivity index (χ3v) is 10.8. The average Bonchev–Trinajstić information content (AvgIpc) is 2.56. The molecular formula is C18H34O2P+. The van der Waals surface area contributed by atoms with Gasteiger partial charge in [-0.15, -0.1) is 0 Å². The van der Waals surface area contributed by atoms with Crippen LogP contribution in [0.15, 0.2) is 0 Å². The molecule has 0 aromatic rings. The summed E-state index contributed by atoms with van der Waals surface area (Å²) in [7, 11) is -1.61. The first-order valence-electron chi connectivity index (χ1n) is 9.22. The second-order valence-electron chi connectivity index (χ2n) is 7.20. The molecule has 0 atom stereocenters. The molecule has 2 nitrogen and oxygen atoms in total. The average molecular weight is 313 g/mol. The van der Waals surface area contributed by atoms with Crippen molar-refractivity contribution in [3.8, 4) is 0 Å². The summed E-state index contributed by atoms with van der Waals surface area (Å²) in [4.78, 5) is 13.0. The first-order chi connectivity index (χ1) is 10.2. The zero-order chi connectivity index (χ0) is 15.1. The van der Waals surface area contributed by atoms with Crippen molar-refractivity contribution in [1.29, 1.82) is 0 Å². The van der Waals surface area contributed by atoms with Crippen LogP contribution >= 0.6 is 7.26 Å². The van der Waals surface area contributed by atoms with Crippen LogP contribution in [-0.2, 0) is 4.74 Å². The monoisotopic (exact) mass is 313 g/mol. The molecule has 2 saturated carbocycles. The van der Waals surface area contributed by atoms with Crippen molar-refractivity contribution in [2.75, 3.05) is 13.3 Å². The van der Waals surface area contributed by atoms with Crippen LogP contribution in [0.3, 0.4) is 0 Å².